The summed E-state index contributed by atoms with van der Waals surface area (Å²) in [6.45, 7) is 2.72. The van der Waals surface area contributed by atoms with E-state index in [-0.39, 0.29) is 18.2 Å². The summed E-state index contributed by atoms with van der Waals surface area (Å²) in [6, 6.07) is 22.7. The number of amides is 2. The van der Waals surface area contributed by atoms with Crippen LogP contribution in [0.5, 0.6) is 11.5 Å². The van der Waals surface area contributed by atoms with Crippen molar-refractivity contribution in [2.24, 2.45) is 0 Å². The van der Waals surface area contributed by atoms with E-state index in [0.29, 0.717) is 37.4 Å². The number of aryl methyl sites for hydroxylation is 1. The first kappa shape index (κ1) is 27.3. The Balaban J connectivity index is 1.87. The average molecular weight is 553 g/mol. The fourth-order valence-corrected chi connectivity index (χ4v) is 4.33. The number of nitrogens with zero attached hydrogens (tertiary/aromatic N) is 1. The predicted octanol–water partition coefficient (Wildman–Crippen LogP) is 5.18. The van der Waals surface area contributed by atoms with Gasteiger partial charge in [0.2, 0.25) is 11.8 Å². The number of nitrogens with one attached hydrogen (secondary N) is 1. The minimum absolute atomic E-state index is 0.0834. The van der Waals surface area contributed by atoms with E-state index in [9.17, 15) is 9.59 Å². The zero-order valence-electron chi connectivity index (χ0n) is 21.0. The Bertz CT molecular complexity index is 1140. The lowest BCUT2D eigenvalue weighted by molar-refractivity contribution is -0.141. The Kier molecular flexibility index (Phi) is 10.4. The number of likely N-dealkylation sites (N-methyl/N-ethyl adjacent to an activating group) is 1. The molecule has 2 amide bonds. The molecule has 6 nitrogen and oxygen atoms in total. The van der Waals surface area contributed by atoms with Crippen molar-refractivity contribution in [3.63, 3.8) is 0 Å². The van der Waals surface area contributed by atoms with Crippen molar-refractivity contribution in [2.75, 3.05) is 20.8 Å². The first-order valence-corrected chi connectivity index (χ1v) is 12.8. The molecule has 0 aliphatic carbocycles. The third-order valence-corrected chi connectivity index (χ3v) is 6.49. The first-order chi connectivity index (χ1) is 17.4. The molecule has 36 heavy (non-hydrogen) atoms. The van der Waals surface area contributed by atoms with Crippen LogP contribution >= 0.6 is 15.9 Å². The number of carbonyl (C=O) groups is 2. The zero-order chi connectivity index (χ0) is 25.9. The predicted molar refractivity (Wildman–Crippen MR) is 145 cm³/mol. The quantitative estimate of drug-likeness (QED) is 0.336. The van der Waals surface area contributed by atoms with E-state index < -0.39 is 6.04 Å². The van der Waals surface area contributed by atoms with Gasteiger partial charge in [0.05, 0.1) is 14.2 Å². The summed E-state index contributed by atoms with van der Waals surface area (Å²) in [5.41, 5.74) is 2.92. The highest BCUT2D eigenvalue weighted by molar-refractivity contribution is 9.10. The second kappa shape index (κ2) is 13.7. The van der Waals surface area contributed by atoms with Crippen LogP contribution in [0.3, 0.4) is 0 Å². The van der Waals surface area contributed by atoms with Crippen molar-refractivity contribution in [3.8, 4) is 11.5 Å². The van der Waals surface area contributed by atoms with Gasteiger partial charge >= 0.3 is 0 Å². The molecule has 0 aromatic heterocycles. The molecule has 0 bridgehead atoms. The lowest BCUT2D eigenvalue weighted by Gasteiger charge is -2.31. The van der Waals surface area contributed by atoms with E-state index in [4.69, 9.17) is 9.47 Å². The molecule has 7 heteroatoms. The van der Waals surface area contributed by atoms with Crippen LogP contribution in [-0.4, -0.2) is 43.5 Å². The van der Waals surface area contributed by atoms with Crippen molar-refractivity contribution in [2.45, 2.75) is 38.8 Å². The molecule has 3 aromatic carbocycles. The van der Waals surface area contributed by atoms with Crippen LogP contribution < -0.4 is 14.8 Å². The second-order valence-electron chi connectivity index (χ2n) is 8.44. The molecule has 0 unspecified atom stereocenters. The maximum Gasteiger partial charge on any atom is 0.243 e. The molecule has 3 aromatic rings. The molecular weight excluding hydrogens is 520 g/mol. The maximum atomic E-state index is 13.7. The van der Waals surface area contributed by atoms with E-state index in [1.165, 1.54) is 0 Å². The number of rotatable bonds is 12. The molecule has 1 N–H and O–H groups in total. The van der Waals surface area contributed by atoms with Gasteiger partial charge in [-0.25, -0.2) is 0 Å². The third kappa shape index (κ3) is 7.59. The van der Waals surface area contributed by atoms with Crippen molar-refractivity contribution >= 4 is 27.7 Å². The van der Waals surface area contributed by atoms with Gasteiger partial charge < -0.3 is 19.7 Å². The summed E-state index contributed by atoms with van der Waals surface area (Å²) in [7, 11) is 3.18. The number of ether oxygens (including phenoxy) is 2. The Hall–Kier alpha value is -3.32. The van der Waals surface area contributed by atoms with Crippen LogP contribution in [0.1, 0.15) is 30.0 Å². The largest absolute Gasteiger partial charge is 0.493 e. The van der Waals surface area contributed by atoms with Crippen LogP contribution in [-0.2, 0) is 29.0 Å². The van der Waals surface area contributed by atoms with Gasteiger partial charge in [0.15, 0.2) is 11.5 Å². The topological polar surface area (TPSA) is 67.9 Å². The molecule has 3 rings (SSSR count). The molecule has 0 saturated heterocycles. The Morgan fingerprint density at radius 2 is 1.56 bits per heavy atom. The highest BCUT2D eigenvalue weighted by Gasteiger charge is 2.30. The molecule has 0 heterocycles. The van der Waals surface area contributed by atoms with E-state index in [2.05, 4.69) is 21.2 Å². The molecular formula is C29H33BrN2O4. The van der Waals surface area contributed by atoms with E-state index in [1.54, 1.807) is 19.1 Å². The van der Waals surface area contributed by atoms with Crippen LogP contribution in [0, 0.1) is 0 Å². The summed E-state index contributed by atoms with van der Waals surface area (Å²) in [6.07, 6.45) is 1.21. The smallest absolute Gasteiger partial charge is 0.243 e. The molecule has 0 saturated carbocycles. The zero-order valence-corrected chi connectivity index (χ0v) is 22.6. The number of carbonyl (C=O) groups excluding carboxylic acids is 2. The number of methoxy groups -OCH3 is 2. The lowest BCUT2D eigenvalue weighted by atomic mass is 10.0. The van der Waals surface area contributed by atoms with Crippen molar-refractivity contribution in [1.29, 1.82) is 0 Å². The van der Waals surface area contributed by atoms with Crippen LogP contribution in [0.4, 0.5) is 0 Å². The van der Waals surface area contributed by atoms with Gasteiger partial charge in [0.1, 0.15) is 6.04 Å². The van der Waals surface area contributed by atoms with Gasteiger partial charge in [-0.3, -0.25) is 9.59 Å². The van der Waals surface area contributed by atoms with Crippen LogP contribution in [0.25, 0.3) is 0 Å². The number of hydrogen-bond donors (Lipinski definition) is 1. The van der Waals surface area contributed by atoms with E-state index in [0.717, 1.165) is 21.2 Å². The number of halogens is 1. The minimum Gasteiger partial charge on any atom is -0.493 e. The van der Waals surface area contributed by atoms with E-state index >= 15 is 0 Å². The highest BCUT2D eigenvalue weighted by Crippen LogP contribution is 2.28. The molecule has 0 aliphatic rings. The van der Waals surface area contributed by atoms with Crippen molar-refractivity contribution < 1.29 is 19.1 Å². The number of benzene rings is 3. The Morgan fingerprint density at radius 3 is 2.19 bits per heavy atom. The van der Waals surface area contributed by atoms with Crippen LogP contribution in [0.15, 0.2) is 77.3 Å². The Morgan fingerprint density at radius 1 is 0.889 bits per heavy atom. The summed E-state index contributed by atoms with van der Waals surface area (Å²) >= 11 is 3.47. The minimum atomic E-state index is -0.631. The van der Waals surface area contributed by atoms with Gasteiger partial charge in [-0.1, -0.05) is 64.5 Å². The summed E-state index contributed by atoms with van der Waals surface area (Å²) < 4.78 is 11.7. The number of hydrogen-bond acceptors (Lipinski definition) is 4. The Labute approximate surface area is 221 Å². The summed E-state index contributed by atoms with van der Waals surface area (Å²) in [5.74, 6) is 1.03. The molecule has 0 aliphatic heterocycles. The standard InChI is InChI=1S/C29H33BrN2O4/c1-4-31-29(34)25(18-21-8-6-5-7-9-21)32(20-23-10-14-24(30)15-11-23)28(33)17-13-22-12-16-26(35-2)27(19-22)36-3/h5-12,14-16,19,25H,4,13,17-18,20H2,1-3H3,(H,31,34)/t25-/m0/s1. The normalized spacial score (nSPS) is 11.4. The summed E-state index contributed by atoms with van der Waals surface area (Å²) in [4.78, 5) is 28.6. The molecule has 1 atom stereocenters. The average Bonchev–Trinajstić information content (AvgIpc) is 2.90. The molecule has 0 spiro atoms. The third-order valence-electron chi connectivity index (χ3n) is 5.96. The highest BCUT2D eigenvalue weighted by atomic mass is 79.9. The molecule has 0 fully saturated rings. The van der Waals surface area contributed by atoms with Gasteiger partial charge in [-0.15, -0.1) is 0 Å². The van der Waals surface area contributed by atoms with Crippen LogP contribution in [0.2, 0.25) is 0 Å². The monoisotopic (exact) mass is 552 g/mol. The van der Waals surface area contributed by atoms with Gasteiger partial charge in [0, 0.05) is 30.4 Å². The molecule has 190 valence electrons. The summed E-state index contributed by atoms with van der Waals surface area (Å²) in [5, 5.41) is 2.93. The second-order valence-corrected chi connectivity index (χ2v) is 9.35. The maximum absolute atomic E-state index is 13.7. The lowest BCUT2D eigenvalue weighted by Crippen LogP contribution is -2.50. The van der Waals surface area contributed by atoms with Crippen molar-refractivity contribution in [3.05, 3.63) is 94.0 Å². The van der Waals surface area contributed by atoms with Crippen molar-refractivity contribution in [1.82, 2.24) is 10.2 Å². The fraction of sp³-hybridized carbons (Fsp3) is 0.310. The van der Waals surface area contributed by atoms with Gasteiger partial charge in [-0.2, -0.15) is 0 Å². The molecule has 0 radical (unpaired) electrons. The fourth-order valence-electron chi connectivity index (χ4n) is 4.06. The van der Waals surface area contributed by atoms with E-state index in [1.807, 2.05) is 79.7 Å². The van der Waals surface area contributed by atoms with Gasteiger partial charge in [-0.05, 0) is 54.3 Å². The first-order valence-electron chi connectivity index (χ1n) is 12.0. The van der Waals surface area contributed by atoms with Gasteiger partial charge in [0.25, 0.3) is 0 Å². The SMILES string of the molecule is CCNC(=O)[C@H](Cc1ccccc1)N(Cc1ccc(Br)cc1)C(=O)CCc1ccc(OC)c(OC)c1.